The number of amides is 2. The highest BCUT2D eigenvalue weighted by molar-refractivity contribution is 6.29. The van der Waals surface area contributed by atoms with Crippen LogP contribution in [0.4, 0.5) is 0 Å². The van der Waals surface area contributed by atoms with Crippen LogP contribution in [0.1, 0.15) is 55.3 Å². The van der Waals surface area contributed by atoms with Gasteiger partial charge in [-0.3, -0.25) is 9.59 Å². The van der Waals surface area contributed by atoms with Crippen LogP contribution >= 0.6 is 11.6 Å². The summed E-state index contributed by atoms with van der Waals surface area (Å²) >= 11 is 5.82. The van der Waals surface area contributed by atoms with Crippen molar-refractivity contribution in [1.29, 1.82) is 0 Å². The van der Waals surface area contributed by atoms with Crippen molar-refractivity contribution in [3.63, 3.8) is 0 Å². The monoisotopic (exact) mass is 349 g/mol. The summed E-state index contributed by atoms with van der Waals surface area (Å²) < 4.78 is 0. The van der Waals surface area contributed by atoms with Crippen molar-refractivity contribution >= 4 is 23.4 Å². The zero-order valence-electron chi connectivity index (χ0n) is 13.8. The highest BCUT2D eigenvalue weighted by Crippen LogP contribution is 2.26. The fraction of sp³-hybridized carbons (Fsp3) is 0.611. The SMILES string of the molecule is O=C(NC1CCN(C(=O)C2CCCCC2)CC1)c1ccnc(Cl)c1. The number of hydrogen-bond acceptors (Lipinski definition) is 3. The molecular formula is C18H24ClN3O2. The maximum Gasteiger partial charge on any atom is 0.251 e. The molecule has 0 aromatic carbocycles. The fourth-order valence-electron chi connectivity index (χ4n) is 3.66. The van der Waals surface area contributed by atoms with Crippen LogP contribution in [0.25, 0.3) is 0 Å². The van der Waals surface area contributed by atoms with Crippen molar-refractivity contribution in [2.24, 2.45) is 5.92 Å². The van der Waals surface area contributed by atoms with E-state index in [9.17, 15) is 9.59 Å². The molecule has 1 aliphatic carbocycles. The number of nitrogens with one attached hydrogen (secondary N) is 1. The lowest BCUT2D eigenvalue weighted by Crippen LogP contribution is -2.48. The molecule has 24 heavy (non-hydrogen) atoms. The lowest BCUT2D eigenvalue weighted by Gasteiger charge is -2.35. The van der Waals surface area contributed by atoms with Gasteiger partial charge in [-0.05, 0) is 37.8 Å². The zero-order chi connectivity index (χ0) is 16.9. The first-order valence-corrected chi connectivity index (χ1v) is 9.22. The summed E-state index contributed by atoms with van der Waals surface area (Å²) in [5.74, 6) is 0.417. The standard InChI is InChI=1S/C18H24ClN3O2/c19-16-12-14(6-9-20-16)17(23)21-15-7-10-22(11-8-15)18(24)13-4-2-1-3-5-13/h6,9,12-13,15H,1-5,7-8,10-11H2,(H,21,23). The van der Waals surface area contributed by atoms with E-state index in [-0.39, 0.29) is 17.9 Å². The van der Waals surface area contributed by atoms with Gasteiger partial charge in [-0.1, -0.05) is 30.9 Å². The number of pyridine rings is 1. The van der Waals surface area contributed by atoms with Gasteiger partial charge in [0.25, 0.3) is 5.91 Å². The molecule has 0 unspecified atom stereocenters. The minimum absolute atomic E-state index is 0.111. The quantitative estimate of drug-likeness (QED) is 0.853. The number of rotatable bonds is 3. The number of likely N-dealkylation sites (tertiary alicyclic amines) is 1. The molecule has 130 valence electrons. The van der Waals surface area contributed by atoms with Crippen LogP contribution in [0, 0.1) is 5.92 Å². The normalized spacial score (nSPS) is 20.0. The molecule has 1 N–H and O–H groups in total. The molecule has 0 bridgehead atoms. The zero-order valence-corrected chi connectivity index (χ0v) is 14.6. The summed E-state index contributed by atoms with van der Waals surface area (Å²) in [4.78, 5) is 30.7. The third kappa shape index (κ3) is 4.26. The lowest BCUT2D eigenvalue weighted by atomic mass is 9.87. The fourth-order valence-corrected chi connectivity index (χ4v) is 3.84. The molecular weight excluding hydrogens is 326 g/mol. The Morgan fingerprint density at radius 2 is 1.83 bits per heavy atom. The molecule has 1 aliphatic heterocycles. The summed E-state index contributed by atoms with van der Waals surface area (Å²) in [6.07, 6.45) is 8.84. The van der Waals surface area contributed by atoms with Gasteiger partial charge in [0, 0.05) is 36.8 Å². The highest BCUT2D eigenvalue weighted by Gasteiger charge is 2.29. The van der Waals surface area contributed by atoms with Crippen molar-refractivity contribution in [3.8, 4) is 0 Å². The van der Waals surface area contributed by atoms with Crippen LogP contribution in [-0.4, -0.2) is 40.8 Å². The Morgan fingerprint density at radius 3 is 2.50 bits per heavy atom. The molecule has 1 aromatic heterocycles. The van der Waals surface area contributed by atoms with Crippen molar-refractivity contribution in [1.82, 2.24) is 15.2 Å². The largest absolute Gasteiger partial charge is 0.349 e. The van der Waals surface area contributed by atoms with Gasteiger partial charge >= 0.3 is 0 Å². The average Bonchev–Trinajstić information content (AvgIpc) is 2.62. The molecule has 2 amide bonds. The average molecular weight is 350 g/mol. The lowest BCUT2D eigenvalue weighted by molar-refractivity contribution is -0.137. The summed E-state index contributed by atoms with van der Waals surface area (Å²) in [5.41, 5.74) is 0.524. The Morgan fingerprint density at radius 1 is 1.12 bits per heavy atom. The van der Waals surface area contributed by atoms with E-state index in [0.717, 1.165) is 38.8 Å². The summed E-state index contributed by atoms with van der Waals surface area (Å²) in [6.45, 7) is 1.47. The smallest absolute Gasteiger partial charge is 0.251 e. The van der Waals surface area contributed by atoms with E-state index < -0.39 is 0 Å². The van der Waals surface area contributed by atoms with Gasteiger partial charge in [-0.25, -0.2) is 4.98 Å². The topological polar surface area (TPSA) is 62.3 Å². The molecule has 6 heteroatoms. The second kappa shape index (κ2) is 7.97. The first kappa shape index (κ1) is 17.2. The summed E-state index contributed by atoms with van der Waals surface area (Å²) in [5, 5.41) is 3.35. The van der Waals surface area contributed by atoms with Crippen molar-refractivity contribution in [2.75, 3.05) is 13.1 Å². The van der Waals surface area contributed by atoms with Gasteiger partial charge in [-0.15, -0.1) is 0 Å². The van der Waals surface area contributed by atoms with E-state index in [1.807, 2.05) is 4.90 Å². The van der Waals surface area contributed by atoms with E-state index in [2.05, 4.69) is 10.3 Å². The first-order chi connectivity index (χ1) is 11.6. The number of carbonyl (C=O) groups excluding carboxylic acids is 2. The number of halogens is 1. The molecule has 2 heterocycles. The van der Waals surface area contributed by atoms with E-state index in [1.165, 1.54) is 25.5 Å². The molecule has 1 saturated carbocycles. The molecule has 1 aromatic rings. The van der Waals surface area contributed by atoms with Crippen LogP contribution in [-0.2, 0) is 4.79 Å². The number of nitrogens with zero attached hydrogens (tertiary/aromatic N) is 2. The second-order valence-electron chi connectivity index (χ2n) is 6.78. The van der Waals surface area contributed by atoms with Crippen LogP contribution < -0.4 is 5.32 Å². The molecule has 0 radical (unpaired) electrons. The number of carbonyl (C=O) groups is 2. The minimum atomic E-state index is -0.128. The number of aromatic nitrogens is 1. The van der Waals surface area contributed by atoms with Gasteiger partial charge in [-0.2, -0.15) is 0 Å². The van der Waals surface area contributed by atoms with E-state index in [0.29, 0.717) is 16.6 Å². The van der Waals surface area contributed by atoms with Gasteiger partial charge in [0.15, 0.2) is 0 Å². The predicted octanol–water partition coefficient (Wildman–Crippen LogP) is 3.04. The number of hydrogen-bond donors (Lipinski definition) is 1. The number of piperidine rings is 1. The Bertz CT molecular complexity index is 594. The van der Waals surface area contributed by atoms with Crippen LogP contribution in [0.3, 0.4) is 0 Å². The Hall–Kier alpha value is -1.62. The van der Waals surface area contributed by atoms with E-state index in [1.54, 1.807) is 12.1 Å². The highest BCUT2D eigenvalue weighted by atomic mass is 35.5. The molecule has 3 rings (SSSR count). The van der Waals surface area contributed by atoms with Gasteiger partial charge in [0.2, 0.25) is 5.91 Å². The maximum atomic E-state index is 12.6. The summed E-state index contributed by atoms with van der Waals surface area (Å²) in [6, 6.07) is 3.33. The Kier molecular flexibility index (Phi) is 5.72. The van der Waals surface area contributed by atoms with Gasteiger partial charge in [0.1, 0.15) is 5.15 Å². The molecule has 2 fully saturated rings. The Balaban J connectivity index is 1.48. The molecule has 5 nitrogen and oxygen atoms in total. The molecule has 0 spiro atoms. The van der Waals surface area contributed by atoms with Crippen LogP contribution in [0.2, 0.25) is 5.15 Å². The van der Waals surface area contributed by atoms with Crippen LogP contribution in [0.5, 0.6) is 0 Å². The summed E-state index contributed by atoms with van der Waals surface area (Å²) in [7, 11) is 0. The van der Waals surface area contributed by atoms with Crippen LogP contribution in [0.15, 0.2) is 18.3 Å². The first-order valence-electron chi connectivity index (χ1n) is 8.84. The van der Waals surface area contributed by atoms with Crippen molar-refractivity contribution in [2.45, 2.75) is 51.0 Å². The van der Waals surface area contributed by atoms with E-state index in [4.69, 9.17) is 11.6 Å². The third-order valence-electron chi connectivity index (χ3n) is 5.09. The van der Waals surface area contributed by atoms with Crippen molar-refractivity contribution in [3.05, 3.63) is 29.0 Å². The Labute approximate surface area is 147 Å². The maximum absolute atomic E-state index is 12.6. The van der Waals surface area contributed by atoms with E-state index >= 15 is 0 Å². The molecule has 1 saturated heterocycles. The molecule has 0 atom stereocenters. The third-order valence-corrected chi connectivity index (χ3v) is 5.29. The van der Waals surface area contributed by atoms with Gasteiger partial charge in [0.05, 0.1) is 0 Å². The van der Waals surface area contributed by atoms with Crippen molar-refractivity contribution < 1.29 is 9.59 Å². The minimum Gasteiger partial charge on any atom is -0.349 e. The predicted molar refractivity (Wildman–Crippen MR) is 92.9 cm³/mol. The second-order valence-corrected chi connectivity index (χ2v) is 7.16. The molecule has 2 aliphatic rings. The van der Waals surface area contributed by atoms with Gasteiger partial charge < -0.3 is 10.2 Å².